The molecule has 0 spiro atoms. The van der Waals surface area contributed by atoms with E-state index in [1.54, 1.807) is 36.4 Å². The molecular weight excluding hydrogens is 383 g/mol. The second-order valence-corrected chi connectivity index (χ2v) is 5.85. The largest absolute Gasteiger partial charge is 0.573 e. The molecule has 0 fully saturated rings. The van der Waals surface area contributed by atoms with E-state index < -0.39 is 6.36 Å². The summed E-state index contributed by atoms with van der Waals surface area (Å²) in [5.74, 6) is 0.336. The Hall–Kier alpha value is -3.80. The minimum atomic E-state index is -4.78. The molecule has 6 nitrogen and oxygen atoms in total. The van der Waals surface area contributed by atoms with E-state index in [1.807, 2.05) is 6.92 Å². The Labute approximate surface area is 165 Å². The minimum Gasteiger partial charge on any atom is -0.406 e. The average molecular weight is 399 g/mol. The molecule has 3 aromatic rings. The topological polar surface area (TPSA) is 82.9 Å². The summed E-state index contributed by atoms with van der Waals surface area (Å²) >= 11 is 0. The summed E-state index contributed by atoms with van der Waals surface area (Å²) < 4.78 is 41.6. The van der Waals surface area contributed by atoms with Crippen LogP contribution in [0.1, 0.15) is 12.5 Å². The summed E-state index contributed by atoms with van der Waals surface area (Å²) in [5, 5.41) is 15.3. The van der Waals surface area contributed by atoms with E-state index in [0.29, 0.717) is 40.8 Å². The molecular formula is C20H16F3N5O. The van der Waals surface area contributed by atoms with Gasteiger partial charge in [0.2, 0.25) is 5.95 Å². The van der Waals surface area contributed by atoms with Gasteiger partial charge >= 0.3 is 6.36 Å². The number of ether oxygens (including phenoxy) is 1. The fourth-order valence-electron chi connectivity index (χ4n) is 2.58. The highest BCUT2D eigenvalue weighted by Crippen LogP contribution is 2.29. The summed E-state index contributed by atoms with van der Waals surface area (Å²) in [6.07, 6.45) is -4.78. The number of nitrogens with zero attached hydrogens (tertiary/aromatic N) is 3. The van der Waals surface area contributed by atoms with Crippen molar-refractivity contribution in [2.75, 3.05) is 17.2 Å². The zero-order chi connectivity index (χ0) is 20.9. The summed E-state index contributed by atoms with van der Waals surface area (Å²) in [6, 6.07) is 16.1. The molecule has 0 atom stereocenters. The highest BCUT2D eigenvalue weighted by Gasteiger charge is 2.31. The molecule has 29 heavy (non-hydrogen) atoms. The normalized spacial score (nSPS) is 10.9. The van der Waals surface area contributed by atoms with Crippen molar-refractivity contribution in [2.45, 2.75) is 13.3 Å². The number of nitrogens with one attached hydrogen (secondary N) is 2. The van der Waals surface area contributed by atoms with Gasteiger partial charge < -0.3 is 15.4 Å². The first-order chi connectivity index (χ1) is 13.9. The average Bonchev–Trinajstić information content (AvgIpc) is 2.67. The van der Waals surface area contributed by atoms with Crippen molar-refractivity contribution in [3.05, 3.63) is 60.2 Å². The molecule has 1 heterocycles. The summed E-state index contributed by atoms with van der Waals surface area (Å²) in [4.78, 5) is 8.70. The maximum Gasteiger partial charge on any atom is 0.573 e. The lowest BCUT2D eigenvalue weighted by atomic mass is 10.1. The molecule has 0 radical (unpaired) electrons. The number of anilines is 3. The van der Waals surface area contributed by atoms with Gasteiger partial charge in [0, 0.05) is 18.2 Å². The fourth-order valence-corrected chi connectivity index (χ4v) is 2.58. The number of rotatable bonds is 6. The van der Waals surface area contributed by atoms with Crippen LogP contribution < -0.4 is 15.4 Å². The third-order valence-corrected chi connectivity index (χ3v) is 3.73. The number of para-hydroxylation sites is 1. The van der Waals surface area contributed by atoms with Crippen molar-refractivity contribution in [2.24, 2.45) is 0 Å². The summed E-state index contributed by atoms with van der Waals surface area (Å²) in [5.41, 5.74) is 1.79. The molecule has 1 aromatic heterocycles. The number of halogens is 3. The lowest BCUT2D eigenvalue weighted by Gasteiger charge is -2.13. The van der Waals surface area contributed by atoms with Crippen molar-refractivity contribution in [3.8, 4) is 23.1 Å². The standard InChI is InChI=1S/C20H16F3N5O/c1-2-25-19-27-17(13-7-5-8-15(10-13)29-20(21,22)23)11-18(28-19)26-16-9-4-3-6-14(16)12-24/h3-11H,2H2,1H3,(H2,25,26,27,28). The van der Waals surface area contributed by atoms with Gasteiger partial charge in [0.1, 0.15) is 17.6 Å². The molecule has 0 aliphatic heterocycles. The van der Waals surface area contributed by atoms with Crippen LogP contribution in [0.25, 0.3) is 11.3 Å². The maximum absolute atomic E-state index is 12.5. The van der Waals surface area contributed by atoms with Gasteiger partial charge in [-0.2, -0.15) is 10.2 Å². The molecule has 0 bridgehead atoms. The molecule has 0 aliphatic carbocycles. The third kappa shape index (κ3) is 5.35. The number of nitriles is 1. The van der Waals surface area contributed by atoms with Crippen LogP contribution in [0.4, 0.5) is 30.6 Å². The molecule has 0 unspecified atom stereocenters. The van der Waals surface area contributed by atoms with E-state index in [-0.39, 0.29) is 5.75 Å². The van der Waals surface area contributed by atoms with Crippen LogP contribution in [-0.4, -0.2) is 22.9 Å². The van der Waals surface area contributed by atoms with Crippen LogP contribution in [0.15, 0.2) is 54.6 Å². The molecule has 2 N–H and O–H groups in total. The van der Waals surface area contributed by atoms with Gasteiger partial charge in [-0.1, -0.05) is 24.3 Å². The Morgan fingerprint density at radius 3 is 2.59 bits per heavy atom. The van der Waals surface area contributed by atoms with E-state index in [0.717, 1.165) is 0 Å². The molecule has 0 saturated carbocycles. The van der Waals surface area contributed by atoms with Crippen molar-refractivity contribution >= 4 is 17.5 Å². The zero-order valence-corrected chi connectivity index (χ0v) is 15.3. The van der Waals surface area contributed by atoms with Gasteiger partial charge in [-0.05, 0) is 31.2 Å². The monoisotopic (exact) mass is 399 g/mol. The first-order valence-electron chi connectivity index (χ1n) is 8.63. The van der Waals surface area contributed by atoms with Crippen LogP contribution in [0, 0.1) is 11.3 Å². The smallest absolute Gasteiger partial charge is 0.406 e. The fraction of sp³-hybridized carbons (Fsp3) is 0.150. The number of benzene rings is 2. The van der Waals surface area contributed by atoms with Gasteiger partial charge in [0.15, 0.2) is 0 Å². The molecule has 2 aromatic carbocycles. The molecule has 148 valence electrons. The van der Waals surface area contributed by atoms with Gasteiger partial charge in [0.25, 0.3) is 0 Å². The molecule has 0 amide bonds. The Bertz CT molecular complexity index is 1050. The molecule has 3 rings (SSSR count). The highest BCUT2D eigenvalue weighted by molar-refractivity contribution is 5.70. The van der Waals surface area contributed by atoms with E-state index in [4.69, 9.17) is 0 Å². The second kappa shape index (κ2) is 8.48. The zero-order valence-electron chi connectivity index (χ0n) is 15.3. The van der Waals surface area contributed by atoms with Gasteiger partial charge in [-0.15, -0.1) is 13.2 Å². The van der Waals surface area contributed by atoms with E-state index in [9.17, 15) is 18.4 Å². The summed E-state index contributed by atoms with van der Waals surface area (Å²) in [7, 11) is 0. The quantitative estimate of drug-likeness (QED) is 0.601. The van der Waals surface area contributed by atoms with Crippen LogP contribution >= 0.6 is 0 Å². The summed E-state index contributed by atoms with van der Waals surface area (Å²) in [6.45, 7) is 2.42. The van der Waals surface area contributed by atoms with Crippen LogP contribution in [0.3, 0.4) is 0 Å². The maximum atomic E-state index is 12.5. The van der Waals surface area contributed by atoms with E-state index in [2.05, 4.69) is 31.4 Å². The second-order valence-electron chi connectivity index (χ2n) is 5.85. The van der Waals surface area contributed by atoms with Crippen LogP contribution in [0.5, 0.6) is 5.75 Å². The van der Waals surface area contributed by atoms with E-state index >= 15 is 0 Å². The Kier molecular flexibility index (Phi) is 5.83. The van der Waals surface area contributed by atoms with Crippen LogP contribution in [-0.2, 0) is 0 Å². The lowest BCUT2D eigenvalue weighted by Crippen LogP contribution is -2.17. The predicted octanol–water partition coefficient (Wildman–Crippen LogP) is 5.09. The van der Waals surface area contributed by atoms with Crippen molar-refractivity contribution < 1.29 is 17.9 Å². The van der Waals surface area contributed by atoms with Crippen molar-refractivity contribution in [3.63, 3.8) is 0 Å². The van der Waals surface area contributed by atoms with Gasteiger partial charge in [-0.3, -0.25) is 0 Å². The lowest BCUT2D eigenvalue weighted by molar-refractivity contribution is -0.274. The Balaban J connectivity index is 1.99. The molecule has 9 heteroatoms. The number of hydrogen-bond acceptors (Lipinski definition) is 6. The van der Waals surface area contributed by atoms with Gasteiger partial charge in [-0.25, -0.2) is 4.98 Å². The SMILES string of the molecule is CCNc1nc(Nc2ccccc2C#N)cc(-c2cccc(OC(F)(F)F)c2)n1. The molecule has 0 aliphatic rings. The highest BCUT2D eigenvalue weighted by atomic mass is 19.4. The van der Waals surface area contributed by atoms with Crippen molar-refractivity contribution in [1.82, 2.24) is 9.97 Å². The third-order valence-electron chi connectivity index (χ3n) is 3.73. The van der Waals surface area contributed by atoms with Crippen LogP contribution in [0.2, 0.25) is 0 Å². The Morgan fingerprint density at radius 1 is 1.07 bits per heavy atom. The predicted molar refractivity (Wildman–Crippen MR) is 103 cm³/mol. The minimum absolute atomic E-state index is 0.295. The van der Waals surface area contributed by atoms with Gasteiger partial charge in [0.05, 0.1) is 16.9 Å². The van der Waals surface area contributed by atoms with Crippen molar-refractivity contribution in [1.29, 1.82) is 5.26 Å². The molecule has 0 saturated heterocycles. The number of aromatic nitrogens is 2. The number of hydrogen-bond donors (Lipinski definition) is 2. The first-order valence-corrected chi connectivity index (χ1v) is 8.63. The van der Waals surface area contributed by atoms with E-state index in [1.165, 1.54) is 18.2 Å². The number of alkyl halides is 3. The first kappa shape index (κ1) is 19.9. The Morgan fingerprint density at radius 2 is 1.86 bits per heavy atom.